The number of thiophene rings is 1. The van der Waals surface area contributed by atoms with Crippen LogP contribution in [0, 0.1) is 0 Å². The molecule has 0 aliphatic rings. The van der Waals surface area contributed by atoms with Gasteiger partial charge in [-0.05, 0) is 42.5 Å². The molecule has 0 aliphatic carbocycles. The van der Waals surface area contributed by atoms with Crippen LogP contribution in [0.4, 0.5) is 5.69 Å². The molecule has 0 atom stereocenters. The topological polar surface area (TPSA) is 92.4 Å². The predicted octanol–water partition coefficient (Wildman–Crippen LogP) is 4.51. The number of aliphatic carboxylic acids is 1. The van der Waals surface area contributed by atoms with Crippen LogP contribution in [-0.2, 0) is 4.79 Å². The molecule has 3 aromatic rings. The number of amides is 1. The van der Waals surface area contributed by atoms with E-state index in [0.717, 1.165) is 10.4 Å². The van der Waals surface area contributed by atoms with E-state index in [1.54, 1.807) is 30.3 Å². The number of nitrogens with two attached hydrogens (primary N) is 1. The Balaban J connectivity index is 1.85. The molecule has 0 fully saturated rings. The van der Waals surface area contributed by atoms with Gasteiger partial charge < -0.3 is 16.2 Å². The highest BCUT2D eigenvalue weighted by atomic mass is 35.5. The van der Waals surface area contributed by atoms with Crippen LogP contribution in [0.2, 0.25) is 5.02 Å². The van der Waals surface area contributed by atoms with Crippen LogP contribution in [0.25, 0.3) is 16.5 Å². The number of anilines is 1. The molecule has 3 rings (SSSR count). The lowest BCUT2D eigenvalue weighted by molar-refractivity contribution is -0.132. The van der Waals surface area contributed by atoms with Gasteiger partial charge in [-0.2, -0.15) is 0 Å². The van der Waals surface area contributed by atoms with E-state index in [1.807, 2.05) is 24.3 Å². The number of nitrogens with one attached hydrogen (secondary N) is 1. The van der Waals surface area contributed by atoms with Crippen molar-refractivity contribution in [2.45, 2.75) is 0 Å². The van der Waals surface area contributed by atoms with Crippen molar-refractivity contribution < 1.29 is 14.7 Å². The van der Waals surface area contributed by atoms with Crippen LogP contribution in [0.3, 0.4) is 0 Å². The lowest BCUT2D eigenvalue weighted by Gasteiger charge is -2.06. The van der Waals surface area contributed by atoms with Crippen LogP contribution in [0.15, 0.2) is 66.4 Å². The Kier molecular flexibility index (Phi) is 5.59. The average molecular weight is 399 g/mol. The SMILES string of the molecule is Nc1cccc(C(=O)N/C(=C/c2ccc(-c3ccccc3Cl)s2)C(=O)O)c1. The zero-order chi connectivity index (χ0) is 19.4. The zero-order valence-electron chi connectivity index (χ0n) is 14.0. The van der Waals surface area contributed by atoms with Crippen molar-refractivity contribution in [3.8, 4) is 10.4 Å². The number of hydrogen-bond acceptors (Lipinski definition) is 4. The maximum Gasteiger partial charge on any atom is 0.352 e. The van der Waals surface area contributed by atoms with Gasteiger partial charge in [0.15, 0.2) is 0 Å². The largest absolute Gasteiger partial charge is 0.477 e. The molecule has 0 saturated heterocycles. The van der Waals surface area contributed by atoms with Gasteiger partial charge in [0.05, 0.1) is 0 Å². The number of hydrogen-bond donors (Lipinski definition) is 3. The van der Waals surface area contributed by atoms with Gasteiger partial charge in [-0.3, -0.25) is 4.79 Å². The zero-order valence-corrected chi connectivity index (χ0v) is 15.6. The van der Waals surface area contributed by atoms with Crippen molar-refractivity contribution in [1.82, 2.24) is 5.32 Å². The Labute approximate surface area is 164 Å². The van der Waals surface area contributed by atoms with Gasteiger partial charge in [-0.15, -0.1) is 11.3 Å². The van der Waals surface area contributed by atoms with Crippen molar-refractivity contribution in [3.63, 3.8) is 0 Å². The summed E-state index contributed by atoms with van der Waals surface area (Å²) in [7, 11) is 0. The van der Waals surface area contributed by atoms with Crippen LogP contribution in [0.5, 0.6) is 0 Å². The van der Waals surface area contributed by atoms with Crippen molar-refractivity contribution >= 4 is 46.6 Å². The quantitative estimate of drug-likeness (QED) is 0.435. The number of carbonyl (C=O) groups is 2. The Morgan fingerprint density at radius 1 is 1.07 bits per heavy atom. The highest BCUT2D eigenvalue weighted by Gasteiger charge is 2.14. The summed E-state index contributed by atoms with van der Waals surface area (Å²) in [5, 5.41) is 12.5. The molecule has 2 aromatic carbocycles. The number of carboxylic acids is 1. The number of carbonyl (C=O) groups excluding carboxylic acids is 1. The van der Waals surface area contributed by atoms with Gasteiger partial charge in [0, 0.05) is 31.6 Å². The van der Waals surface area contributed by atoms with Crippen LogP contribution >= 0.6 is 22.9 Å². The molecule has 7 heteroatoms. The summed E-state index contributed by atoms with van der Waals surface area (Å²) in [6.07, 6.45) is 1.41. The fourth-order valence-corrected chi connectivity index (χ4v) is 3.69. The van der Waals surface area contributed by atoms with Crippen molar-refractivity contribution in [1.29, 1.82) is 0 Å². The summed E-state index contributed by atoms with van der Waals surface area (Å²) in [5.74, 6) is -1.78. The predicted molar refractivity (Wildman–Crippen MR) is 109 cm³/mol. The van der Waals surface area contributed by atoms with Gasteiger partial charge in [0.1, 0.15) is 5.70 Å². The Morgan fingerprint density at radius 3 is 2.56 bits per heavy atom. The maximum atomic E-state index is 12.3. The number of rotatable bonds is 5. The number of benzene rings is 2. The molecule has 5 nitrogen and oxygen atoms in total. The molecular weight excluding hydrogens is 384 g/mol. The van der Waals surface area contributed by atoms with Crippen LogP contribution in [0.1, 0.15) is 15.2 Å². The van der Waals surface area contributed by atoms with Gasteiger partial charge in [-0.1, -0.05) is 35.9 Å². The molecule has 0 unspecified atom stereocenters. The monoisotopic (exact) mass is 398 g/mol. The van der Waals surface area contributed by atoms with E-state index in [-0.39, 0.29) is 11.3 Å². The second kappa shape index (κ2) is 8.07. The molecule has 1 aromatic heterocycles. The molecular formula is C20H15ClN2O3S. The molecule has 0 saturated carbocycles. The van der Waals surface area contributed by atoms with E-state index in [2.05, 4.69) is 5.32 Å². The summed E-state index contributed by atoms with van der Waals surface area (Å²) >= 11 is 7.58. The lowest BCUT2D eigenvalue weighted by Crippen LogP contribution is -2.27. The third kappa shape index (κ3) is 4.55. The van der Waals surface area contributed by atoms with Gasteiger partial charge >= 0.3 is 5.97 Å². The van der Waals surface area contributed by atoms with Gasteiger partial charge in [0.2, 0.25) is 0 Å². The van der Waals surface area contributed by atoms with Crippen molar-refractivity contribution in [2.75, 3.05) is 5.73 Å². The van der Waals surface area contributed by atoms with Crippen molar-refractivity contribution in [3.05, 3.63) is 81.8 Å². The van der Waals surface area contributed by atoms with E-state index in [0.29, 0.717) is 15.6 Å². The second-order valence-electron chi connectivity index (χ2n) is 5.62. The van der Waals surface area contributed by atoms with E-state index in [1.165, 1.54) is 23.5 Å². The third-order valence-electron chi connectivity index (χ3n) is 3.68. The van der Waals surface area contributed by atoms with Gasteiger partial charge in [0.25, 0.3) is 5.91 Å². The Bertz CT molecular complexity index is 1040. The van der Waals surface area contributed by atoms with Gasteiger partial charge in [-0.25, -0.2) is 4.79 Å². The van der Waals surface area contributed by atoms with E-state index >= 15 is 0 Å². The first-order chi connectivity index (χ1) is 12.9. The molecule has 4 N–H and O–H groups in total. The van der Waals surface area contributed by atoms with E-state index in [9.17, 15) is 14.7 Å². The first-order valence-electron chi connectivity index (χ1n) is 7.90. The molecule has 1 amide bonds. The number of carboxylic acid groups (broad SMARTS) is 1. The first-order valence-corrected chi connectivity index (χ1v) is 9.10. The lowest BCUT2D eigenvalue weighted by atomic mass is 10.2. The molecule has 0 radical (unpaired) electrons. The minimum Gasteiger partial charge on any atom is -0.477 e. The number of nitrogen functional groups attached to an aromatic ring is 1. The maximum absolute atomic E-state index is 12.3. The third-order valence-corrected chi connectivity index (χ3v) is 5.08. The van der Waals surface area contributed by atoms with E-state index < -0.39 is 11.9 Å². The second-order valence-corrected chi connectivity index (χ2v) is 7.15. The Morgan fingerprint density at radius 2 is 1.85 bits per heavy atom. The highest BCUT2D eigenvalue weighted by molar-refractivity contribution is 7.16. The fraction of sp³-hybridized carbons (Fsp3) is 0. The summed E-state index contributed by atoms with van der Waals surface area (Å²) < 4.78 is 0. The number of halogens is 1. The first kappa shape index (κ1) is 18.7. The smallest absolute Gasteiger partial charge is 0.352 e. The minimum atomic E-state index is -1.24. The summed E-state index contributed by atoms with van der Waals surface area (Å²) in [6.45, 7) is 0. The molecule has 0 aliphatic heterocycles. The molecule has 0 spiro atoms. The fourth-order valence-electron chi connectivity index (χ4n) is 2.40. The van der Waals surface area contributed by atoms with Crippen molar-refractivity contribution in [2.24, 2.45) is 0 Å². The normalized spacial score (nSPS) is 11.2. The molecule has 27 heavy (non-hydrogen) atoms. The Hall–Kier alpha value is -3.09. The highest BCUT2D eigenvalue weighted by Crippen LogP contribution is 2.33. The summed E-state index contributed by atoms with van der Waals surface area (Å²) in [6, 6.07) is 17.4. The summed E-state index contributed by atoms with van der Waals surface area (Å²) in [4.78, 5) is 25.4. The molecule has 136 valence electrons. The van der Waals surface area contributed by atoms with Crippen LogP contribution in [-0.4, -0.2) is 17.0 Å². The minimum absolute atomic E-state index is 0.227. The molecule has 1 heterocycles. The molecule has 0 bridgehead atoms. The summed E-state index contributed by atoms with van der Waals surface area (Å²) in [5.41, 5.74) is 7.00. The average Bonchev–Trinajstić information content (AvgIpc) is 3.09. The van der Waals surface area contributed by atoms with Crippen LogP contribution < -0.4 is 11.1 Å². The standard InChI is InChI=1S/C20H15ClN2O3S/c21-16-7-2-1-6-15(16)18-9-8-14(27-18)11-17(20(25)26)23-19(24)12-4-3-5-13(22)10-12/h1-11H,22H2,(H,23,24)(H,25,26)/b17-11+. The van der Waals surface area contributed by atoms with E-state index in [4.69, 9.17) is 17.3 Å².